The average molecular weight is 369 g/mol. The van der Waals surface area contributed by atoms with Gasteiger partial charge >= 0.3 is 0 Å². The lowest BCUT2D eigenvalue weighted by atomic mass is 10.3. The van der Waals surface area contributed by atoms with E-state index < -0.39 is 5.25 Å². The van der Waals surface area contributed by atoms with Crippen molar-refractivity contribution < 1.29 is 4.79 Å². The van der Waals surface area contributed by atoms with E-state index in [1.807, 2.05) is 18.2 Å². The first-order valence-electron chi connectivity index (χ1n) is 5.94. The van der Waals surface area contributed by atoms with E-state index in [0.29, 0.717) is 10.8 Å². The third-order valence-corrected chi connectivity index (χ3v) is 3.85. The Balaban J connectivity index is 2.02. The van der Waals surface area contributed by atoms with Gasteiger partial charge in [-0.05, 0) is 25.1 Å². The number of nitrogens with one attached hydrogen (secondary N) is 1. The second kappa shape index (κ2) is 6.72. The fourth-order valence-electron chi connectivity index (χ4n) is 1.46. The molecule has 2 rings (SSSR count). The maximum Gasteiger partial charge on any atom is 0.237 e. The number of halogens is 1. The van der Waals surface area contributed by atoms with Crippen LogP contribution in [0.2, 0.25) is 0 Å². The highest BCUT2D eigenvalue weighted by Gasteiger charge is 2.17. The van der Waals surface area contributed by atoms with Crippen molar-refractivity contribution in [1.29, 1.82) is 0 Å². The molecular formula is C12H13BrN6OS. The Kier molecular flexibility index (Phi) is 4.97. The van der Waals surface area contributed by atoms with Crippen molar-refractivity contribution in [2.75, 3.05) is 16.8 Å². The molecule has 0 unspecified atom stereocenters. The number of hydrogen-bond acceptors (Lipinski definition) is 7. The molecule has 1 aromatic carbocycles. The number of aromatic nitrogens is 3. The summed E-state index contributed by atoms with van der Waals surface area (Å²) >= 11 is 4.51. The van der Waals surface area contributed by atoms with E-state index in [0.717, 1.165) is 16.2 Å². The van der Waals surface area contributed by atoms with E-state index in [1.54, 1.807) is 13.0 Å². The van der Waals surface area contributed by atoms with Crippen LogP contribution in [0.25, 0.3) is 0 Å². The van der Waals surface area contributed by atoms with Gasteiger partial charge in [-0.15, -0.1) is 0 Å². The molecule has 0 aliphatic heterocycles. The van der Waals surface area contributed by atoms with Crippen LogP contribution in [0.15, 0.2) is 33.9 Å². The Morgan fingerprint density at radius 3 is 2.57 bits per heavy atom. The zero-order valence-electron chi connectivity index (χ0n) is 11.1. The van der Waals surface area contributed by atoms with Crippen LogP contribution in [-0.4, -0.2) is 26.1 Å². The minimum atomic E-state index is -0.412. The van der Waals surface area contributed by atoms with E-state index in [2.05, 4.69) is 36.2 Å². The third-order valence-electron chi connectivity index (χ3n) is 2.39. The van der Waals surface area contributed by atoms with Crippen LogP contribution in [-0.2, 0) is 4.79 Å². The lowest BCUT2D eigenvalue weighted by molar-refractivity contribution is -0.115. The first-order chi connectivity index (χ1) is 9.94. The molecule has 1 atom stereocenters. The lowest BCUT2D eigenvalue weighted by Crippen LogP contribution is -2.22. The molecule has 0 saturated carbocycles. The smallest absolute Gasteiger partial charge is 0.237 e. The number of hydrogen-bond donors (Lipinski definition) is 3. The maximum absolute atomic E-state index is 12.1. The lowest BCUT2D eigenvalue weighted by Gasteiger charge is -2.11. The number of nitrogens with two attached hydrogens (primary N) is 2. The summed E-state index contributed by atoms with van der Waals surface area (Å²) in [5.41, 5.74) is 11.7. The van der Waals surface area contributed by atoms with Crippen LogP contribution in [0.4, 0.5) is 17.6 Å². The number of nitrogens with zero attached hydrogens (tertiary/aromatic N) is 3. The fraction of sp³-hybridized carbons (Fsp3) is 0.167. The number of thioether (sulfide) groups is 1. The fourth-order valence-corrected chi connectivity index (χ4v) is 2.64. The van der Waals surface area contributed by atoms with Crippen LogP contribution in [0.3, 0.4) is 0 Å². The van der Waals surface area contributed by atoms with Crippen LogP contribution >= 0.6 is 27.7 Å². The van der Waals surface area contributed by atoms with Crippen molar-refractivity contribution in [3.63, 3.8) is 0 Å². The molecule has 1 amide bonds. The number of carbonyl (C=O) groups is 1. The summed E-state index contributed by atoms with van der Waals surface area (Å²) in [6.45, 7) is 1.74. The Hall–Kier alpha value is -1.87. The molecule has 1 heterocycles. The summed E-state index contributed by atoms with van der Waals surface area (Å²) in [6, 6.07) is 7.34. The third kappa shape index (κ3) is 4.57. The number of anilines is 3. The Bertz CT molecular complexity index is 648. The van der Waals surface area contributed by atoms with E-state index in [1.165, 1.54) is 0 Å². The van der Waals surface area contributed by atoms with E-state index in [9.17, 15) is 4.79 Å². The van der Waals surface area contributed by atoms with Gasteiger partial charge in [0, 0.05) is 10.2 Å². The molecule has 0 spiro atoms. The highest BCUT2D eigenvalue weighted by atomic mass is 79.9. The molecule has 0 saturated heterocycles. The standard InChI is InChI=1S/C12H13BrN6OS/c1-6(21-12-18-10(14)17-11(15)19-12)9(20)16-8-4-2-3-7(13)5-8/h2-6H,1H3,(H,16,20)(H4,14,15,17,18,19)/t6-/m0/s1. The van der Waals surface area contributed by atoms with Crippen molar-refractivity contribution >= 4 is 51.2 Å². The molecule has 1 aromatic heterocycles. The number of benzene rings is 1. The minimum absolute atomic E-state index is 0.0320. The summed E-state index contributed by atoms with van der Waals surface area (Å²) in [5, 5.41) is 2.71. The molecule has 21 heavy (non-hydrogen) atoms. The second-order valence-corrected chi connectivity index (χ2v) is 6.32. The predicted molar refractivity (Wildman–Crippen MR) is 86.7 cm³/mol. The quantitative estimate of drug-likeness (QED) is 0.704. The van der Waals surface area contributed by atoms with Gasteiger partial charge in [0.25, 0.3) is 0 Å². The van der Waals surface area contributed by atoms with Gasteiger partial charge < -0.3 is 16.8 Å². The molecule has 110 valence electrons. The molecule has 0 aliphatic carbocycles. The largest absolute Gasteiger partial charge is 0.368 e. The second-order valence-electron chi connectivity index (χ2n) is 4.09. The Morgan fingerprint density at radius 2 is 1.95 bits per heavy atom. The average Bonchev–Trinajstić information content (AvgIpc) is 2.37. The van der Waals surface area contributed by atoms with Gasteiger partial charge in [0.05, 0.1) is 5.25 Å². The van der Waals surface area contributed by atoms with E-state index in [4.69, 9.17) is 11.5 Å². The van der Waals surface area contributed by atoms with E-state index >= 15 is 0 Å². The SMILES string of the molecule is C[C@H](Sc1nc(N)nc(N)n1)C(=O)Nc1cccc(Br)c1. The highest BCUT2D eigenvalue weighted by Crippen LogP contribution is 2.22. The number of rotatable bonds is 4. The van der Waals surface area contributed by atoms with Crippen LogP contribution in [0.1, 0.15) is 6.92 Å². The van der Waals surface area contributed by atoms with Crippen molar-refractivity contribution in [2.24, 2.45) is 0 Å². The monoisotopic (exact) mass is 368 g/mol. The first-order valence-corrected chi connectivity index (χ1v) is 7.61. The molecule has 7 nitrogen and oxygen atoms in total. The normalized spacial score (nSPS) is 11.9. The molecule has 9 heteroatoms. The molecule has 2 aromatic rings. The van der Waals surface area contributed by atoms with Crippen LogP contribution in [0, 0.1) is 0 Å². The number of carbonyl (C=O) groups excluding carboxylic acids is 1. The van der Waals surface area contributed by atoms with Crippen molar-refractivity contribution in [3.8, 4) is 0 Å². The molecule has 0 bridgehead atoms. The zero-order chi connectivity index (χ0) is 15.4. The summed E-state index contributed by atoms with van der Waals surface area (Å²) < 4.78 is 0.888. The molecule has 0 radical (unpaired) electrons. The zero-order valence-corrected chi connectivity index (χ0v) is 13.5. The van der Waals surface area contributed by atoms with Crippen molar-refractivity contribution in [3.05, 3.63) is 28.7 Å². The van der Waals surface area contributed by atoms with E-state index in [-0.39, 0.29) is 17.8 Å². The number of nitrogen functional groups attached to an aromatic ring is 2. The van der Waals surface area contributed by atoms with Gasteiger partial charge in [0.2, 0.25) is 17.8 Å². The highest BCUT2D eigenvalue weighted by molar-refractivity contribution is 9.10. The first kappa shape index (κ1) is 15.5. The van der Waals surface area contributed by atoms with Gasteiger partial charge in [-0.3, -0.25) is 4.79 Å². The van der Waals surface area contributed by atoms with Gasteiger partial charge in [-0.1, -0.05) is 33.8 Å². The summed E-state index contributed by atoms with van der Waals surface area (Å²) in [6.07, 6.45) is 0. The number of amides is 1. The minimum Gasteiger partial charge on any atom is -0.368 e. The molecule has 0 aliphatic rings. The van der Waals surface area contributed by atoms with Crippen LogP contribution in [0.5, 0.6) is 0 Å². The Labute approximate surface area is 134 Å². The molecule has 0 fully saturated rings. The van der Waals surface area contributed by atoms with Gasteiger partial charge in [0.1, 0.15) is 0 Å². The summed E-state index contributed by atoms with van der Waals surface area (Å²) in [5.74, 6) is -0.107. The topological polar surface area (TPSA) is 120 Å². The van der Waals surface area contributed by atoms with Gasteiger partial charge in [-0.2, -0.15) is 15.0 Å². The molecular weight excluding hydrogens is 356 g/mol. The van der Waals surface area contributed by atoms with Gasteiger partial charge in [0.15, 0.2) is 5.16 Å². The van der Waals surface area contributed by atoms with Gasteiger partial charge in [-0.25, -0.2) is 0 Å². The Morgan fingerprint density at radius 1 is 1.29 bits per heavy atom. The predicted octanol–water partition coefficient (Wildman–Crippen LogP) is 1.92. The summed E-state index contributed by atoms with van der Waals surface area (Å²) in [4.78, 5) is 23.7. The molecule has 5 N–H and O–H groups in total. The van der Waals surface area contributed by atoms with Crippen LogP contribution < -0.4 is 16.8 Å². The van der Waals surface area contributed by atoms with Crippen molar-refractivity contribution in [2.45, 2.75) is 17.3 Å². The summed E-state index contributed by atoms with van der Waals surface area (Å²) in [7, 11) is 0. The maximum atomic E-state index is 12.1. The van der Waals surface area contributed by atoms with Crippen molar-refractivity contribution in [1.82, 2.24) is 15.0 Å².